The second-order valence-corrected chi connectivity index (χ2v) is 5.24. The summed E-state index contributed by atoms with van der Waals surface area (Å²) in [6, 6.07) is 2.02. The van der Waals surface area contributed by atoms with Gasteiger partial charge in [0.25, 0.3) is 0 Å². The van der Waals surface area contributed by atoms with Gasteiger partial charge in [-0.2, -0.15) is 0 Å². The van der Waals surface area contributed by atoms with Crippen molar-refractivity contribution in [1.29, 1.82) is 0 Å². The van der Waals surface area contributed by atoms with E-state index in [4.69, 9.17) is 5.73 Å². The van der Waals surface area contributed by atoms with Crippen molar-refractivity contribution in [3.63, 3.8) is 0 Å². The summed E-state index contributed by atoms with van der Waals surface area (Å²) in [4.78, 5) is 2.68. The average Bonchev–Trinajstić information content (AvgIpc) is 2.26. The molecule has 0 aromatic rings. The van der Waals surface area contributed by atoms with E-state index in [9.17, 15) is 0 Å². The van der Waals surface area contributed by atoms with Crippen molar-refractivity contribution >= 4 is 0 Å². The first-order valence-corrected chi connectivity index (χ1v) is 6.59. The van der Waals surface area contributed by atoms with Gasteiger partial charge < -0.3 is 5.73 Å². The molecule has 2 nitrogen and oxygen atoms in total. The lowest BCUT2D eigenvalue weighted by molar-refractivity contribution is 0.0335. The van der Waals surface area contributed by atoms with Gasteiger partial charge in [-0.05, 0) is 32.6 Å². The summed E-state index contributed by atoms with van der Waals surface area (Å²) >= 11 is 0. The molecule has 1 aliphatic heterocycles. The van der Waals surface area contributed by atoms with Crippen LogP contribution in [0.2, 0.25) is 0 Å². The summed E-state index contributed by atoms with van der Waals surface area (Å²) in [7, 11) is 0. The van der Waals surface area contributed by atoms with E-state index in [1.165, 1.54) is 25.7 Å². The van der Waals surface area contributed by atoms with Crippen LogP contribution in [0.4, 0.5) is 0 Å². The molecule has 4 unspecified atom stereocenters. The van der Waals surface area contributed by atoms with Gasteiger partial charge in [0, 0.05) is 24.7 Å². The van der Waals surface area contributed by atoms with Gasteiger partial charge in [-0.3, -0.25) is 4.90 Å². The lowest BCUT2D eigenvalue weighted by Crippen LogP contribution is -2.54. The maximum atomic E-state index is 5.89. The van der Waals surface area contributed by atoms with Crippen LogP contribution in [0.25, 0.3) is 0 Å². The second-order valence-electron chi connectivity index (χ2n) is 5.24. The lowest BCUT2D eigenvalue weighted by atomic mass is 9.90. The fraction of sp³-hybridized carbons (Fsp3) is 1.00. The van der Waals surface area contributed by atoms with Crippen molar-refractivity contribution in [3.8, 4) is 0 Å². The van der Waals surface area contributed by atoms with Gasteiger partial charge in [0.05, 0.1) is 0 Å². The van der Waals surface area contributed by atoms with Gasteiger partial charge in [0.1, 0.15) is 0 Å². The van der Waals surface area contributed by atoms with Gasteiger partial charge in [0.2, 0.25) is 0 Å². The number of piperidine rings is 1. The minimum absolute atomic E-state index is 0.623. The number of hydrogen-bond acceptors (Lipinski definition) is 2. The van der Waals surface area contributed by atoms with Gasteiger partial charge in [0.15, 0.2) is 0 Å². The molecular formula is C13H28N2. The maximum absolute atomic E-state index is 5.89. The Kier molecular flexibility index (Phi) is 5.07. The first-order valence-electron chi connectivity index (χ1n) is 6.59. The number of hydrogen-bond donors (Lipinski definition) is 1. The van der Waals surface area contributed by atoms with Crippen molar-refractivity contribution in [2.24, 2.45) is 11.7 Å². The number of nitrogens with zero attached hydrogens (tertiary/aromatic N) is 1. The smallest absolute Gasteiger partial charge is 0.0224 e. The summed E-state index contributed by atoms with van der Waals surface area (Å²) in [6.45, 7) is 10.2. The van der Waals surface area contributed by atoms with Crippen LogP contribution in [0.1, 0.15) is 53.4 Å². The monoisotopic (exact) mass is 212 g/mol. The van der Waals surface area contributed by atoms with Crippen molar-refractivity contribution in [1.82, 2.24) is 4.90 Å². The molecule has 0 spiro atoms. The van der Waals surface area contributed by atoms with E-state index in [0.29, 0.717) is 12.1 Å². The maximum Gasteiger partial charge on any atom is 0.0224 e. The zero-order valence-electron chi connectivity index (χ0n) is 10.9. The predicted octanol–water partition coefficient (Wildman–Crippen LogP) is 2.62. The van der Waals surface area contributed by atoms with Crippen LogP contribution in [0.15, 0.2) is 0 Å². The molecule has 1 fully saturated rings. The second kappa shape index (κ2) is 5.86. The molecule has 0 saturated carbocycles. The summed E-state index contributed by atoms with van der Waals surface area (Å²) in [6.07, 6.45) is 5.26. The molecule has 1 heterocycles. The molecule has 4 atom stereocenters. The molecule has 0 radical (unpaired) electrons. The van der Waals surface area contributed by atoms with Crippen LogP contribution in [0.3, 0.4) is 0 Å². The number of nitrogens with two attached hydrogens (primary N) is 1. The molecule has 2 heteroatoms. The predicted molar refractivity (Wildman–Crippen MR) is 66.9 cm³/mol. The highest BCUT2D eigenvalue weighted by Gasteiger charge is 2.32. The van der Waals surface area contributed by atoms with Crippen LogP contribution in [-0.2, 0) is 0 Å². The summed E-state index contributed by atoms with van der Waals surface area (Å²) in [5.41, 5.74) is 5.89. The molecule has 2 N–H and O–H groups in total. The largest absolute Gasteiger partial charge is 0.329 e. The van der Waals surface area contributed by atoms with E-state index in [0.717, 1.165) is 18.5 Å². The third-order valence-corrected chi connectivity index (χ3v) is 4.30. The fourth-order valence-corrected chi connectivity index (χ4v) is 2.92. The van der Waals surface area contributed by atoms with Crippen LogP contribution in [0, 0.1) is 5.92 Å². The zero-order valence-corrected chi connectivity index (χ0v) is 10.9. The molecule has 15 heavy (non-hydrogen) atoms. The van der Waals surface area contributed by atoms with Gasteiger partial charge in [-0.1, -0.05) is 26.7 Å². The third kappa shape index (κ3) is 2.94. The average molecular weight is 212 g/mol. The van der Waals surface area contributed by atoms with E-state index < -0.39 is 0 Å². The molecule has 0 aromatic carbocycles. The minimum atomic E-state index is 0.623. The first kappa shape index (κ1) is 13.0. The van der Waals surface area contributed by atoms with Crippen molar-refractivity contribution in [3.05, 3.63) is 0 Å². The van der Waals surface area contributed by atoms with Gasteiger partial charge in [-0.25, -0.2) is 0 Å². The third-order valence-electron chi connectivity index (χ3n) is 4.30. The standard InChI is InChI=1S/C13H28N2/c1-5-10(2)12(4)15-11(3)7-6-8-13(15)9-14/h10-13H,5-9,14H2,1-4H3. The molecular weight excluding hydrogens is 184 g/mol. The topological polar surface area (TPSA) is 29.3 Å². The van der Waals surface area contributed by atoms with Crippen molar-refractivity contribution in [2.45, 2.75) is 71.5 Å². The van der Waals surface area contributed by atoms with Crippen molar-refractivity contribution in [2.75, 3.05) is 6.54 Å². The van der Waals surface area contributed by atoms with Crippen LogP contribution >= 0.6 is 0 Å². The Morgan fingerprint density at radius 1 is 1.33 bits per heavy atom. The highest BCUT2D eigenvalue weighted by atomic mass is 15.2. The molecule has 1 aliphatic rings. The Balaban J connectivity index is 2.68. The Hall–Kier alpha value is -0.0800. The van der Waals surface area contributed by atoms with Gasteiger partial charge in [-0.15, -0.1) is 0 Å². The molecule has 0 amide bonds. The fourth-order valence-electron chi connectivity index (χ4n) is 2.92. The van der Waals surface area contributed by atoms with E-state index in [1.54, 1.807) is 0 Å². The highest BCUT2D eigenvalue weighted by molar-refractivity contribution is 4.87. The Bertz CT molecular complexity index is 181. The molecule has 0 aliphatic carbocycles. The van der Waals surface area contributed by atoms with E-state index in [2.05, 4.69) is 32.6 Å². The van der Waals surface area contributed by atoms with Gasteiger partial charge >= 0.3 is 0 Å². The zero-order chi connectivity index (χ0) is 11.4. The van der Waals surface area contributed by atoms with E-state index in [-0.39, 0.29) is 0 Å². The summed E-state index contributed by atoms with van der Waals surface area (Å²) in [5, 5.41) is 0. The lowest BCUT2D eigenvalue weighted by Gasteiger charge is -2.46. The Morgan fingerprint density at radius 3 is 2.53 bits per heavy atom. The normalized spacial score (nSPS) is 32.6. The molecule has 1 saturated heterocycles. The van der Waals surface area contributed by atoms with E-state index in [1.807, 2.05) is 0 Å². The quantitative estimate of drug-likeness (QED) is 0.776. The number of likely N-dealkylation sites (tertiary alicyclic amines) is 1. The van der Waals surface area contributed by atoms with Crippen LogP contribution in [-0.4, -0.2) is 29.6 Å². The Morgan fingerprint density at radius 2 is 2.00 bits per heavy atom. The SMILES string of the molecule is CCC(C)C(C)N1C(C)CCCC1CN. The Labute approximate surface area is 95.2 Å². The minimum Gasteiger partial charge on any atom is -0.329 e. The van der Waals surface area contributed by atoms with Crippen molar-refractivity contribution < 1.29 is 0 Å². The highest BCUT2D eigenvalue weighted by Crippen LogP contribution is 2.28. The summed E-state index contributed by atoms with van der Waals surface area (Å²) in [5.74, 6) is 0.777. The van der Waals surface area contributed by atoms with Crippen LogP contribution in [0.5, 0.6) is 0 Å². The van der Waals surface area contributed by atoms with Crippen LogP contribution < -0.4 is 5.73 Å². The first-order chi connectivity index (χ1) is 7.11. The molecule has 1 rings (SSSR count). The molecule has 0 bridgehead atoms. The van der Waals surface area contributed by atoms with E-state index >= 15 is 0 Å². The molecule has 90 valence electrons. The molecule has 0 aromatic heterocycles. The summed E-state index contributed by atoms with van der Waals surface area (Å²) < 4.78 is 0. The number of rotatable bonds is 4.